The summed E-state index contributed by atoms with van der Waals surface area (Å²) in [5.41, 5.74) is 0. The van der Waals surface area contributed by atoms with Gasteiger partial charge in [-0.3, -0.25) is 9.59 Å². The van der Waals surface area contributed by atoms with Gasteiger partial charge in [0, 0.05) is 5.92 Å². The minimum atomic E-state index is -0.192. The summed E-state index contributed by atoms with van der Waals surface area (Å²) in [4.78, 5) is 23.4. The van der Waals surface area contributed by atoms with Gasteiger partial charge in [0.2, 0.25) is 0 Å². The van der Waals surface area contributed by atoms with E-state index in [4.69, 9.17) is 4.74 Å². The van der Waals surface area contributed by atoms with Crippen LogP contribution in [0.3, 0.4) is 0 Å². The average Bonchev–Trinajstić information content (AvgIpc) is 2.72. The molecule has 19 heavy (non-hydrogen) atoms. The Labute approximate surface area is 115 Å². The first-order chi connectivity index (χ1) is 9.19. The minimum absolute atomic E-state index is 0.00290. The van der Waals surface area contributed by atoms with E-state index in [1.807, 2.05) is 12.2 Å². The van der Waals surface area contributed by atoms with Crippen LogP contribution < -0.4 is 0 Å². The number of carbonyl (C=O) groups is 2. The van der Waals surface area contributed by atoms with Crippen LogP contribution in [-0.4, -0.2) is 18.4 Å². The number of allylic oxidation sites excluding steroid dienone is 4. The highest BCUT2D eigenvalue weighted by Gasteiger charge is 2.30. The zero-order valence-electron chi connectivity index (χ0n) is 11.9. The van der Waals surface area contributed by atoms with Crippen molar-refractivity contribution >= 4 is 11.8 Å². The molecule has 1 rings (SSSR count). The lowest BCUT2D eigenvalue weighted by Gasteiger charge is -2.15. The fraction of sp³-hybridized carbons (Fsp3) is 0.625. The number of hydrogen-bond donors (Lipinski definition) is 0. The van der Waals surface area contributed by atoms with E-state index < -0.39 is 0 Å². The fourth-order valence-electron chi connectivity index (χ4n) is 2.18. The molecule has 1 aliphatic carbocycles. The number of hydrogen-bond acceptors (Lipinski definition) is 3. The standard InChI is InChI=1S/C16H24O3/c1-3-5-7-8-14-13(9-10-15(14)17)12-16(18)19-11-6-4-2/h5,7,9-10,13-14H,3-4,6,8,11-12H2,1-2H3/b7-5-/t13-,14+/m0/s1. The first-order valence-corrected chi connectivity index (χ1v) is 7.21. The molecule has 0 aliphatic heterocycles. The molecule has 0 radical (unpaired) electrons. The third-order valence-corrected chi connectivity index (χ3v) is 3.35. The van der Waals surface area contributed by atoms with E-state index in [9.17, 15) is 9.59 Å². The first kappa shape index (κ1) is 15.7. The predicted molar refractivity (Wildman–Crippen MR) is 75.7 cm³/mol. The molecule has 2 atom stereocenters. The van der Waals surface area contributed by atoms with Gasteiger partial charge >= 0.3 is 5.97 Å². The molecule has 0 unspecified atom stereocenters. The molecule has 0 heterocycles. The van der Waals surface area contributed by atoms with Crippen molar-refractivity contribution in [2.45, 2.75) is 46.0 Å². The van der Waals surface area contributed by atoms with Crippen LogP contribution in [0.25, 0.3) is 0 Å². The highest BCUT2D eigenvalue weighted by Crippen LogP contribution is 2.29. The zero-order chi connectivity index (χ0) is 14.1. The van der Waals surface area contributed by atoms with E-state index in [2.05, 4.69) is 19.9 Å². The molecule has 0 saturated heterocycles. The molecule has 0 bridgehead atoms. The van der Waals surface area contributed by atoms with Crippen LogP contribution in [0.5, 0.6) is 0 Å². The smallest absolute Gasteiger partial charge is 0.306 e. The maximum Gasteiger partial charge on any atom is 0.306 e. The lowest BCUT2D eigenvalue weighted by Crippen LogP contribution is -2.19. The van der Waals surface area contributed by atoms with Crippen LogP contribution in [0.1, 0.15) is 46.0 Å². The minimum Gasteiger partial charge on any atom is -0.466 e. The van der Waals surface area contributed by atoms with Crippen LogP contribution in [0.15, 0.2) is 24.3 Å². The topological polar surface area (TPSA) is 43.4 Å². The van der Waals surface area contributed by atoms with E-state index in [-0.39, 0.29) is 23.6 Å². The predicted octanol–water partition coefficient (Wildman–Crippen LogP) is 3.45. The Morgan fingerprint density at radius 1 is 1.37 bits per heavy atom. The molecule has 0 amide bonds. The van der Waals surface area contributed by atoms with Gasteiger partial charge < -0.3 is 4.74 Å². The third kappa shape index (κ3) is 5.41. The van der Waals surface area contributed by atoms with Crippen LogP contribution >= 0.6 is 0 Å². The summed E-state index contributed by atoms with van der Waals surface area (Å²) in [5, 5.41) is 0. The summed E-state index contributed by atoms with van der Waals surface area (Å²) in [5.74, 6) is -0.140. The molecule has 3 nitrogen and oxygen atoms in total. The highest BCUT2D eigenvalue weighted by molar-refractivity contribution is 5.95. The Bertz CT molecular complexity index is 355. The van der Waals surface area contributed by atoms with Gasteiger partial charge in [-0.05, 0) is 31.3 Å². The SMILES string of the molecule is CC/C=C\C[C@H]1C(=O)C=C[C@H]1CC(=O)OCCCC. The Morgan fingerprint density at radius 2 is 2.16 bits per heavy atom. The maximum atomic E-state index is 11.7. The van der Waals surface area contributed by atoms with Crippen molar-refractivity contribution in [2.75, 3.05) is 6.61 Å². The molecule has 106 valence electrons. The molecule has 0 aromatic carbocycles. The molecule has 0 N–H and O–H groups in total. The molecular weight excluding hydrogens is 240 g/mol. The second kappa shape index (κ2) is 8.68. The summed E-state index contributed by atoms with van der Waals surface area (Å²) in [7, 11) is 0. The monoisotopic (exact) mass is 264 g/mol. The number of esters is 1. The summed E-state index contributed by atoms with van der Waals surface area (Å²) in [6.07, 6.45) is 11.5. The Kier molecular flexibility index (Phi) is 7.16. The lowest BCUT2D eigenvalue weighted by atomic mass is 9.89. The summed E-state index contributed by atoms with van der Waals surface area (Å²) >= 11 is 0. The number of ketones is 1. The van der Waals surface area contributed by atoms with Gasteiger partial charge in [-0.25, -0.2) is 0 Å². The molecule has 3 heteroatoms. The molecule has 0 spiro atoms. The second-order valence-electron chi connectivity index (χ2n) is 4.93. The molecule has 0 aromatic heterocycles. The molecule has 0 aromatic rings. The Balaban J connectivity index is 2.42. The number of unbranched alkanes of at least 4 members (excludes halogenated alkanes) is 1. The van der Waals surface area contributed by atoms with Crippen molar-refractivity contribution < 1.29 is 14.3 Å². The summed E-state index contributed by atoms with van der Waals surface area (Å²) < 4.78 is 5.15. The largest absolute Gasteiger partial charge is 0.466 e. The Hall–Kier alpha value is -1.38. The van der Waals surface area contributed by atoms with Gasteiger partial charge in [-0.15, -0.1) is 0 Å². The summed E-state index contributed by atoms with van der Waals surface area (Å²) in [6, 6.07) is 0. The fourth-order valence-corrected chi connectivity index (χ4v) is 2.18. The molecular formula is C16H24O3. The van der Waals surface area contributed by atoms with E-state index in [0.717, 1.165) is 19.3 Å². The lowest BCUT2D eigenvalue weighted by molar-refractivity contribution is -0.144. The first-order valence-electron chi connectivity index (χ1n) is 7.21. The van der Waals surface area contributed by atoms with Gasteiger partial charge in [-0.1, -0.05) is 38.5 Å². The van der Waals surface area contributed by atoms with Crippen LogP contribution in [0.2, 0.25) is 0 Å². The highest BCUT2D eigenvalue weighted by atomic mass is 16.5. The van der Waals surface area contributed by atoms with E-state index in [1.165, 1.54) is 0 Å². The molecule has 0 fully saturated rings. The van der Waals surface area contributed by atoms with E-state index >= 15 is 0 Å². The van der Waals surface area contributed by atoms with Crippen LogP contribution in [0, 0.1) is 11.8 Å². The number of carbonyl (C=O) groups excluding carboxylic acids is 2. The van der Waals surface area contributed by atoms with Crippen molar-refractivity contribution in [2.24, 2.45) is 11.8 Å². The van der Waals surface area contributed by atoms with Gasteiger partial charge in [0.25, 0.3) is 0 Å². The van der Waals surface area contributed by atoms with Crippen molar-refractivity contribution in [3.63, 3.8) is 0 Å². The zero-order valence-corrected chi connectivity index (χ0v) is 11.9. The summed E-state index contributed by atoms with van der Waals surface area (Å²) in [6.45, 7) is 4.61. The quantitative estimate of drug-likeness (QED) is 0.383. The van der Waals surface area contributed by atoms with Crippen molar-refractivity contribution in [1.29, 1.82) is 0 Å². The Morgan fingerprint density at radius 3 is 2.84 bits per heavy atom. The van der Waals surface area contributed by atoms with Crippen molar-refractivity contribution in [3.05, 3.63) is 24.3 Å². The molecule has 0 saturated carbocycles. The van der Waals surface area contributed by atoms with Gasteiger partial charge in [0.1, 0.15) is 0 Å². The van der Waals surface area contributed by atoms with Crippen LogP contribution in [-0.2, 0) is 14.3 Å². The van der Waals surface area contributed by atoms with Gasteiger partial charge in [0.05, 0.1) is 13.0 Å². The van der Waals surface area contributed by atoms with E-state index in [0.29, 0.717) is 19.4 Å². The van der Waals surface area contributed by atoms with Crippen molar-refractivity contribution in [3.8, 4) is 0 Å². The van der Waals surface area contributed by atoms with E-state index in [1.54, 1.807) is 6.08 Å². The number of ether oxygens (including phenoxy) is 1. The number of rotatable bonds is 8. The average molecular weight is 264 g/mol. The third-order valence-electron chi connectivity index (χ3n) is 3.35. The second-order valence-corrected chi connectivity index (χ2v) is 4.93. The normalized spacial score (nSPS) is 22.3. The maximum absolute atomic E-state index is 11.7. The van der Waals surface area contributed by atoms with Crippen molar-refractivity contribution in [1.82, 2.24) is 0 Å². The van der Waals surface area contributed by atoms with Gasteiger partial charge in [0.15, 0.2) is 5.78 Å². The van der Waals surface area contributed by atoms with Gasteiger partial charge in [-0.2, -0.15) is 0 Å². The molecule has 1 aliphatic rings. The van der Waals surface area contributed by atoms with Crippen LogP contribution in [0.4, 0.5) is 0 Å².